The summed E-state index contributed by atoms with van der Waals surface area (Å²) in [6.45, 7) is 1.01. The van der Waals surface area contributed by atoms with Crippen LogP contribution in [0.2, 0.25) is 0 Å². The number of aromatic nitrogens is 2. The van der Waals surface area contributed by atoms with Crippen LogP contribution in [0.1, 0.15) is 48.7 Å². The molecule has 5 nitrogen and oxygen atoms in total. The zero-order chi connectivity index (χ0) is 13.8. The van der Waals surface area contributed by atoms with E-state index in [2.05, 4.69) is 15.5 Å². The van der Waals surface area contributed by atoms with Gasteiger partial charge >= 0.3 is 0 Å². The van der Waals surface area contributed by atoms with Crippen LogP contribution >= 0.6 is 0 Å². The monoisotopic (exact) mass is 273 g/mol. The van der Waals surface area contributed by atoms with Crippen LogP contribution in [0, 0.1) is 0 Å². The Morgan fingerprint density at radius 2 is 2.15 bits per heavy atom. The molecule has 1 aromatic carbocycles. The minimum Gasteiger partial charge on any atom is -0.369 e. The van der Waals surface area contributed by atoms with Gasteiger partial charge in [0.25, 0.3) is 0 Å². The molecule has 5 heteroatoms. The molecular weight excluding hydrogens is 254 g/mol. The third-order valence-electron chi connectivity index (χ3n) is 3.64. The summed E-state index contributed by atoms with van der Waals surface area (Å²) in [5.41, 5.74) is 1.03. The van der Waals surface area contributed by atoms with E-state index in [0.717, 1.165) is 18.5 Å². The average molecular weight is 273 g/mol. The molecule has 1 aliphatic rings. The quantitative estimate of drug-likeness (QED) is 0.928. The molecule has 3 rings (SSSR count). The lowest BCUT2D eigenvalue weighted by Crippen LogP contribution is -2.27. The minimum atomic E-state index is -0.280. The summed E-state index contributed by atoms with van der Waals surface area (Å²) in [4.78, 5) is 4.52. The Morgan fingerprint density at radius 1 is 1.30 bits per heavy atom. The van der Waals surface area contributed by atoms with Crippen LogP contribution in [0.4, 0.5) is 0 Å². The van der Waals surface area contributed by atoms with Crippen molar-refractivity contribution in [1.29, 1.82) is 0 Å². The van der Waals surface area contributed by atoms with Crippen molar-refractivity contribution >= 4 is 0 Å². The van der Waals surface area contributed by atoms with Crippen LogP contribution in [0.25, 0.3) is 0 Å². The van der Waals surface area contributed by atoms with Crippen LogP contribution in [0.15, 0.2) is 34.9 Å². The van der Waals surface area contributed by atoms with Crippen LogP contribution < -0.4 is 5.32 Å². The number of nitrogens with zero attached hydrogens (tertiary/aromatic N) is 2. The number of rotatable bonds is 4. The topological polar surface area (TPSA) is 60.2 Å². The van der Waals surface area contributed by atoms with Gasteiger partial charge in [-0.25, -0.2) is 0 Å². The van der Waals surface area contributed by atoms with Crippen molar-refractivity contribution in [3.8, 4) is 0 Å². The van der Waals surface area contributed by atoms with Crippen LogP contribution in [0.3, 0.4) is 0 Å². The third kappa shape index (κ3) is 2.73. The van der Waals surface area contributed by atoms with Crippen molar-refractivity contribution in [2.75, 3.05) is 13.7 Å². The highest BCUT2D eigenvalue weighted by Crippen LogP contribution is 2.26. The molecule has 0 aliphatic carbocycles. The lowest BCUT2D eigenvalue weighted by molar-refractivity contribution is 0.126. The zero-order valence-corrected chi connectivity index (χ0v) is 11.6. The fraction of sp³-hybridized carbons (Fsp3) is 0.467. The van der Waals surface area contributed by atoms with E-state index in [0.29, 0.717) is 11.7 Å². The maximum absolute atomic E-state index is 5.52. The lowest BCUT2D eigenvalue weighted by Gasteiger charge is -2.19. The molecule has 0 amide bonds. The predicted molar refractivity (Wildman–Crippen MR) is 74.2 cm³/mol. The minimum absolute atomic E-state index is 0.179. The standard InChI is InChI=1S/C15H19N3O2/c1-19-13(11-7-3-2-4-8-11)14-17-15(20-18-14)12-9-5-6-10-16-12/h2-4,7-8,12-13,16H,5-6,9-10H2,1H3. The first-order valence-corrected chi connectivity index (χ1v) is 7.03. The molecule has 0 radical (unpaired) electrons. The Labute approximate surface area is 118 Å². The number of ether oxygens (including phenoxy) is 1. The van der Waals surface area contributed by atoms with Gasteiger partial charge in [-0.05, 0) is 24.9 Å². The van der Waals surface area contributed by atoms with E-state index in [1.54, 1.807) is 7.11 Å². The number of nitrogens with one attached hydrogen (secondary N) is 1. The summed E-state index contributed by atoms with van der Waals surface area (Å²) in [6.07, 6.45) is 3.17. The van der Waals surface area contributed by atoms with E-state index in [9.17, 15) is 0 Å². The van der Waals surface area contributed by atoms with Gasteiger partial charge < -0.3 is 14.6 Å². The highest BCUT2D eigenvalue weighted by Gasteiger charge is 2.24. The highest BCUT2D eigenvalue weighted by atomic mass is 16.5. The van der Waals surface area contributed by atoms with E-state index >= 15 is 0 Å². The first-order chi connectivity index (χ1) is 9.88. The second-order valence-corrected chi connectivity index (χ2v) is 5.02. The smallest absolute Gasteiger partial charge is 0.243 e. The SMILES string of the molecule is COC(c1ccccc1)c1noc(C2CCCCN2)n1. The van der Waals surface area contributed by atoms with Gasteiger partial charge in [0, 0.05) is 7.11 Å². The third-order valence-corrected chi connectivity index (χ3v) is 3.64. The summed E-state index contributed by atoms with van der Waals surface area (Å²) in [5.74, 6) is 1.25. The van der Waals surface area contributed by atoms with Gasteiger partial charge in [0.2, 0.25) is 11.7 Å². The maximum atomic E-state index is 5.52. The van der Waals surface area contributed by atoms with Gasteiger partial charge in [-0.3, -0.25) is 0 Å². The molecular formula is C15H19N3O2. The van der Waals surface area contributed by atoms with Gasteiger partial charge in [-0.1, -0.05) is 41.9 Å². The summed E-state index contributed by atoms with van der Waals surface area (Å²) in [7, 11) is 1.66. The molecule has 20 heavy (non-hydrogen) atoms. The summed E-state index contributed by atoms with van der Waals surface area (Å²) in [5, 5.41) is 7.50. The van der Waals surface area contributed by atoms with Crippen LogP contribution in [-0.2, 0) is 4.74 Å². The summed E-state index contributed by atoms with van der Waals surface area (Å²) in [6, 6.07) is 10.1. The van der Waals surface area contributed by atoms with E-state index in [4.69, 9.17) is 9.26 Å². The Hall–Kier alpha value is -1.72. The number of hydrogen-bond donors (Lipinski definition) is 1. The van der Waals surface area contributed by atoms with E-state index in [1.165, 1.54) is 12.8 Å². The Balaban J connectivity index is 1.81. The lowest BCUT2D eigenvalue weighted by atomic mass is 10.1. The number of hydrogen-bond acceptors (Lipinski definition) is 5. The van der Waals surface area contributed by atoms with Crippen molar-refractivity contribution in [2.24, 2.45) is 0 Å². The van der Waals surface area contributed by atoms with Gasteiger partial charge in [0.1, 0.15) is 6.10 Å². The molecule has 2 atom stereocenters. The molecule has 106 valence electrons. The van der Waals surface area contributed by atoms with Gasteiger partial charge in [-0.2, -0.15) is 4.98 Å². The van der Waals surface area contributed by atoms with Crippen molar-refractivity contribution < 1.29 is 9.26 Å². The molecule has 2 unspecified atom stereocenters. The first-order valence-electron chi connectivity index (χ1n) is 7.03. The van der Waals surface area contributed by atoms with Crippen LogP contribution in [-0.4, -0.2) is 23.8 Å². The largest absolute Gasteiger partial charge is 0.369 e. The molecule has 1 aromatic heterocycles. The van der Waals surface area contributed by atoms with Crippen molar-refractivity contribution in [3.63, 3.8) is 0 Å². The molecule has 1 N–H and O–H groups in total. The Kier molecular flexibility index (Phi) is 4.08. The molecule has 1 saturated heterocycles. The fourth-order valence-corrected chi connectivity index (χ4v) is 2.58. The van der Waals surface area contributed by atoms with Gasteiger partial charge in [-0.15, -0.1) is 0 Å². The number of methoxy groups -OCH3 is 1. The first kappa shape index (κ1) is 13.3. The normalized spacial score (nSPS) is 20.8. The van der Waals surface area contributed by atoms with Crippen molar-refractivity contribution in [3.05, 3.63) is 47.6 Å². The predicted octanol–water partition coefficient (Wildman–Crippen LogP) is 2.62. The second-order valence-electron chi connectivity index (χ2n) is 5.02. The summed E-state index contributed by atoms with van der Waals surface area (Å²) < 4.78 is 10.9. The number of benzene rings is 1. The highest BCUT2D eigenvalue weighted by molar-refractivity contribution is 5.22. The maximum Gasteiger partial charge on any atom is 0.243 e. The van der Waals surface area contributed by atoms with E-state index < -0.39 is 0 Å². The average Bonchev–Trinajstić information content (AvgIpc) is 3.00. The fourth-order valence-electron chi connectivity index (χ4n) is 2.58. The van der Waals surface area contributed by atoms with E-state index in [1.807, 2.05) is 30.3 Å². The van der Waals surface area contributed by atoms with Gasteiger partial charge in [0.15, 0.2) is 0 Å². The Morgan fingerprint density at radius 3 is 2.85 bits per heavy atom. The van der Waals surface area contributed by atoms with Crippen molar-refractivity contribution in [1.82, 2.24) is 15.5 Å². The van der Waals surface area contributed by atoms with Gasteiger partial charge in [0.05, 0.1) is 6.04 Å². The van der Waals surface area contributed by atoms with E-state index in [-0.39, 0.29) is 12.1 Å². The molecule has 2 heterocycles. The molecule has 1 aliphatic heterocycles. The zero-order valence-electron chi connectivity index (χ0n) is 11.6. The number of piperidine rings is 1. The second kappa shape index (κ2) is 6.15. The molecule has 0 bridgehead atoms. The summed E-state index contributed by atoms with van der Waals surface area (Å²) >= 11 is 0. The van der Waals surface area contributed by atoms with Crippen LogP contribution in [0.5, 0.6) is 0 Å². The molecule has 0 spiro atoms. The Bertz CT molecular complexity index is 535. The molecule has 1 fully saturated rings. The van der Waals surface area contributed by atoms with Crippen molar-refractivity contribution in [2.45, 2.75) is 31.4 Å². The molecule has 0 saturated carbocycles. The molecule has 2 aromatic rings.